The van der Waals surface area contributed by atoms with Crippen molar-refractivity contribution in [3.63, 3.8) is 0 Å². The second-order valence-electron chi connectivity index (χ2n) is 2.61. The molecule has 0 saturated carbocycles. The Hall–Kier alpha value is -0.920. The first-order chi connectivity index (χ1) is 6.43. The number of nitrogens with one attached hydrogen (secondary N) is 1. The molecule has 1 aromatic rings. The van der Waals surface area contributed by atoms with Crippen molar-refractivity contribution in [1.82, 2.24) is 4.72 Å². The van der Waals surface area contributed by atoms with Gasteiger partial charge in [0.05, 0.1) is 0 Å². The maximum atomic E-state index is 11.4. The van der Waals surface area contributed by atoms with Crippen LogP contribution in [-0.4, -0.2) is 25.5 Å². The Morgan fingerprint density at radius 3 is 2.71 bits per heavy atom. The number of hydrogen-bond donors (Lipinski definition) is 2. The average molecular weight is 235 g/mol. The van der Waals surface area contributed by atoms with Gasteiger partial charge < -0.3 is 5.11 Å². The summed E-state index contributed by atoms with van der Waals surface area (Å²) in [5, 5.41) is 10.1. The van der Waals surface area contributed by atoms with Crippen LogP contribution < -0.4 is 4.72 Å². The highest BCUT2D eigenvalue weighted by atomic mass is 32.2. The summed E-state index contributed by atoms with van der Waals surface area (Å²) in [7, 11) is -3.67. The average Bonchev–Trinajstić information content (AvgIpc) is 2.54. The maximum absolute atomic E-state index is 11.4. The SMILES string of the molecule is C[C@@H](NS(=O)(=O)c1cccs1)C(=O)O. The first-order valence-electron chi connectivity index (χ1n) is 3.72. The molecule has 5 nitrogen and oxygen atoms in total. The van der Waals surface area contributed by atoms with Crippen LogP contribution in [0.5, 0.6) is 0 Å². The van der Waals surface area contributed by atoms with Gasteiger partial charge in [0.2, 0.25) is 0 Å². The highest BCUT2D eigenvalue weighted by molar-refractivity contribution is 7.91. The van der Waals surface area contributed by atoms with E-state index in [1.807, 2.05) is 4.72 Å². The third-order valence-corrected chi connectivity index (χ3v) is 4.40. The van der Waals surface area contributed by atoms with E-state index in [-0.39, 0.29) is 4.21 Å². The Morgan fingerprint density at radius 1 is 1.64 bits per heavy atom. The number of carboxylic acid groups (broad SMARTS) is 1. The largest absolute Gasteiger partial charge is 0.480 e. The predicted molar refractivity (Wildman–Crippen MR) is 51.7 cm³/mol. The molecule has 1 atom stereocenters. The van der Waals surface area contributed by atoms with Crippen molar-refractivity contribution in [3.05, 3.63) is 17.5 Å². The van der Waals surface area contributed by atoms with Crippen molar-refractivity contribution >= 4 is 27.3 Å². The predicted octanol–water partition coefficient (Wildman–Crippen LogP) is 0.500. The van der Waals surface area contributed by atoms with E-state index in [0.717, 1.165) is 11.3 Å². The Balaban J connectivity index is 2.84. The summed E-state index contributed by atoms with van der Waals surface area (Å²) in [5.74, 6) is -1.20. The number of rotatable bonds is 4. The lowest BCUT2D eigenvalue weighted by Gasteiger charge is -2.07. The second kappa shape index (κ2) is 4.07. The zero-order chi connectivity index (χ0) is 10.8. The summed E-state index contributed by atoms with van der Waals surface area (Å²) >= 11 is 1.04. The fourth-order valence-electron chi connectivity index (χ4n) is 0.758. The van der Waals surface area contributed by atoms with Crippen molar-refractivity contribution in [2.45, 2.75) is 17.2 Å². The molecule has 0 unspecified atom stereocenters. The van der Waals surface area contributed by atoms with Crippen LogP contribution in [0.15, 0.2) is 21.7 Å². The summed E-state index contributed by atoms with van der Waals surface area (Å²) in [5.41, 5.74) is 0. The lowest BCUT2D eigenvalue weighted by Crippen LogP contribution is -2.37. The number of hydrogen-bond acceptors (Lipinski definition) is 4. The van der Waals surface area contributed by atoms with Crippen LogP contribution in [0.3, 0.4) is 0 Å². The minimum Gasteiger partial charge on any atom is -0.480 e. The number of thiophene rings is 1. The molecule has 0 saturated heterocycles. The lowest BCUT2D eigenvalue weighted by atomic mass is 10.4. The molecule has 0 radical (unpaired) electrons. The molecule has 0 bridgehead atoms. The summed E-state index contributed by atoms with van der Waals surface area (Å²) in [4.78, 5) is 10.4. The Bertz CT molecular complexity index is 409. The van der Waals surface area contributed by atoms with Crippen LogP contribution in [0.25, 0.3) is 0 Å². The molecule has 1 rings (SSSR count). The van der Waals surface area contributed by atoms with Crippen molar-refractivity contribution in [3.8, 4) is 0 Å². The zero-order valence-electron chi connectivity index (χ0n) is 7.30. The molecule has 78 valence electrons. The summed E-state index contributed by atoms with van der Waals surface area (Å²) in [6, 6.07) is 1.88. The van der Waals surface area contributed by atoms with Crippen LogP contribution in [0.1, 0.15) is 6.92 Å². The fraction of sp³-hybridized carbons (Fsp3) is 0.286. The van der Waals surface area contributed by atoms with E-state index >= 15 is 0 Å². The van der Waals surface area contributed by atoms with E-state index < -0.39 is 22.0 Å². The standard InChI is InChI=1S/C7H9NO4S2/c1-5(7(9)10)8-14(11,12)6-3-2-4-13-6/h2-5,8H,1H3,(H,9,10)/t5-/m1/s1. The van der Waals surface area contributed by atoms with E-state index in [1.165, 1.54) is 13.0 Å². The number of sulfonamides is 1. The minimum atomic E-state index is -3.67. The summed E-state index contributed by atoms with van der Waals surface area (Å²) in [6.45, 7) is 1.27. The zero-order valence-corrected chi connectivity index (χ0v) is 8.93. The van der Waals surface area contributed by atoms with Gasteiger partial charge >= 0.3 is 5.97 Å². The lowest BCUT2D eigenvalue weighted by molar-refractivity contribution is -0.138. The second-order valence-corrected chi connectivity index (χ2v) is 5.50. The molecule has 2 N–H and O–H groups in total. The van der Waals surface area contributed by atoms with Crippen LogP contribution in [0, 0.1) is 0 Å². The van der Waals surface area contributed by atoms with E-state index in [2.05, 4.69) is 0 Å². The molecule has 0 aliphatic heterocycles. The normalized spacial score (nSPS) is 13.8. The maximum Gasteiger partial charge on any atom is 0.321 e. The monoisotopic (exact) mass is 235 g/mol. The molecule has 1 heterocycles. The molecule has 7 heteroatoms. The molecule has 0 amide bonds. The number of aliphatic carboxylic acids is 1. The Morgan fingerprint density at radius 2 is 2.29 bits per heavy atom. The van der Waals surface area contributed by atoms with Gasteiger partial charge in [-0.15, -0.1) is 11.3 Å². The highest BCUT2D eigenvalue weighted by Gasteiger charge is 2.21. The smallest absolute Gasteiger partial charge is 0.321 e. The van der Waals surface area contributed by atoms with Gasteiger partial charge in [-0.2, -0.15) is 4.72 Å². The van der Waals surface area contributed by atoms with Gasteiger partial charge in [-0.25, -0.2) is 8.42 Å². The summed E-state index contributed by atoms with van der Waals surface area (Å²) < 4.78 is 25.0. The van der Waals surface area contributed by atoms with Gasteiger partial charge in [-0.05, 0) is 18.4 Å². The van der Waals surface area contributed by atoms with E-state index in [1.54, 1.807) is 11.4 Å². The van der Waals surface area contributed by atoms with Gasteiger partial charge in [0, 0.05) is 0 Å². The van der Waals surface area contributed by atoms with Crippen molar-refractivity contribution in [2.75, 3.05) is 0 Å². The van der Waals surface area contributed by atoms with Crippen LogP contribution in [0.4, 0.5) is 0 Å². The van der Waals surface area contributed by atoms with Gasteiger partial charge in [0.15, 0.2) is 0 Å². The van der Waals surface area contributed by atoms with Gasteiger partial charge in [0.25, 0.3) is 10.0 Å². The van der Waals surface area contributed by atoms with Crippen molar-refractivity contribution < 1.29 is 18.3 Å². The number of carboxylic acids is 1. The van der Waals surface area contributed by atoms with Gasteiger partial charge in [0.1, 0.15) is 10.3 Å². The van der Waals surface area contributed by atoms with E-state index in [0.29, 0.717) is 0 Å². The molecule has 1 aromatic heterocycles. The van der Waals surface area contributed by atoms with Crippen molar-refractivity contribution in [1.29, 1.82) is 0 Å². The highest BCUT2D eigenvalue weighted by Crippen LogP contribution is 2.15. The van der Waals surface area contributed by atoms with Crippen LogP contribution in [0.2, 0.25) is 0 Å². The molecule has 0 spiro atoms. The molecule has 0 aromatic carbocycles. The Kier molecular flexibility index (Phi) is 3.25. The topological polar surface area (TPSA) is 83.5 Å². The Labute approximate surface area is 85.4 Å². The van der Waals surface area contributed by atoms with Gasteiger partial charge in [-0.1, -0.05) is 6.07 Å². The summed E-state index contributed by atoms with van der Waals surface area (Å²) in [6.07, 6.45) is 0. The van der Waals surface area contributed by atoms with Crippen LogP contribution in [-0.2, 0) is 14.8 Å². The molecule has 0 fully saturated rings. The minimum absolute atomic E-state index is 0.116. The van der Waals surface area contributed by atoms with Crippen molar-refractivity contribution in [2.24, 2.45) is 0 Å². The molecular weight excluding hydrogens is 226 g/mol. The first kappa shape index (κ1) is 11.2. The fourth-order valence-corrected chi connectivity index (χ4v) is 2.96. The first-order valence-corrected chi connectivity index (χ1v) is 6.08. The molecule has 0 aliphatic carbocycles. The third-order valence-electron chi connectivity index (χ3n) is 1.46. The van der Waals surface area contributed by atoms with E-state index in [9.17, 15) is 13.2 Å². The van der Waals surface area contributed by atoms with E-state index in [4.69, 9.17) is 5.11 Å². The molecule has 14 heavy (non-hydrogen) atoms. The quantitative estimate of drug-likeness (QED) is 0.796. The molecular formula is C7H9NO4S2. The third kappa shape index (κ3) is 2.53. The molecule has 0 aliphatic rings. The van der Waals surface area contributed by atoms with Gasteiger partial charge in [-0.3, -0.25) is 4.79 Å². The number of carbonyl (C=O) groups is 1. The van der Waals surface area contributed by atoms with Crippen LogP contribution >= 0.6 is 11.3 Å².